The lowest BCUT2D eigenvalue weighted by Crippen LogP contribution is -2.62. The fraction of sp³-hybridized carbons (Fsp3) is 0.554. The van der Waals surface area contributed by atoms with E-state index in [1.165, 1.54) is 0 Å². The normalized spacial score (nSPS) is 22.8. The van der Waals surface area contributed by atoms with E-state index < -0.39 is 120 Å². The summed E-state index contributed by atoms with van der Waals surface area (Å²) in [5, 5.41) is 35.5. The Balaban J connectivity index is 1.58. The maximum Gasteiger partial charge on any atom is 0.244 e. The number of guanidine groups is 1. The predicted molar refractivity (Wildman–Crippen MR) is 350 cm³/mol. The lowest BCUT2D eigenvalue weighted by molar-refractivity contribution is -0.137. The summed E-state index contributed by atoms with van der Waals surface area (Å²) in [6.45, 7) is 6.62. The van der Waals surface area contributed by atoms with Crippen LogP contribution >= 0.6 is 0 Å². The molecule has 2 aromatic rings. The number of aliphatic imine (C=N–C) groups is 2. The fourth-order valence-electron chi connectivity index (χ4n) is 10.8. The van der Waals surface area contributed by atoms with Crippen LogP contribution in [0.1, 0.15) is 130 Å². The number of nitrogens with one attached hydrogen (secondary N) is 9. The van der Waals surface area contributed by atoms with Gasteiger partial charge in [0.05, 0.1) is 18.2 Å². The first-order chi connectivity index (χ1) is 43.5. The number of nitrogens with two attached hydrogens (primary N) is 5. The molecule has 1 unspecified atom stereocenters. The summed E-state index contributed by atoms with van der Waals surface area (Å²) in [6.07, 6.45) is 13.0. The third-order valence-corrected chi connectivity index (χ3v) is 16.0. The molecule has 2 aromatic carbocycles. The minimum atomic E-state index is -1.56. The minimum Gasteiger partial charge on any atom is -0.393 e. The van der Waals surface area contributed by atoms with E-state index in [-0.39, 0.29) is 89.4 Å². The van der Waals surface area contributed by atoms with E-state index in [0.717, 1.165) is 36.8 Å². The molecule has 1 fully saturated rings. The smallest absolute Gasteiger partial charge is 0.244 e. The molecule has 20 N–H and O–H groups in total. The van der Waals surface area contributed by atoms with Gasteiger partial charge in [-0.25, -0.2) is 0 Å². The topological polar surface area (TPSA) is 437 Å². The molecule has 1 aliphatic carbocycles. The Hall–Kier alpha value is -8.33. The van der Waals surface area contributed by atoms with Gasteiger partial charge in [-0.15, -0.1) is 0 Å². The number of aliphatic hydroxyl groups excluding tert-OH is 1. The van der Waals surface area contributed by atoms with Gasteiger partial charge in [0.15, 0.2) is 5.96 Å². The molecule has 1 saturated heterocycles. The second-order valence-electron chi connectivity index (χ2n) is 24.4. The van der Waals surface area contributed by atoms with E-state index in [1.54, 1.807) is 39.1 Å². The Morgan fingerprint density at radius 2 is 1.27 bits per heavy atom. The zero-order valence-corrected chi connectivity index (χ0v) is 53.1. The lowest BCUT2D eigenvalue weighted by Gasteiger charge is -2.33. The average Bonchev–Trinajstić information content (AvgIpc) is 2.28. The van der Waals surface area contributed by atoms with Gasteiger partial charge >= 0.3 is 0 Å². The van der Waals surface area contributed by atoms with Gasteiger partial charge < -0.3 is 81.6 Å². The van der Waals surface area contributed by atoms with Crippen LogP contribution in [0.4, 0.5) is 0 Å². The molecule has 26 heteroatoms. The minimum absolute atomic E-state index is 0.0490. The number of amides is 9. The number of rotatable bonds is 27. The van der Waals surface area contributed by atoms with E-state index in [0.29, 0.717) is 42.5 Å². The number of hydrogen-bond acceptors (Lipinski definition) is 15. The standard InChI is InChI=1S/C65H98N16O10/c1-5-6-7-8-12-20-44(82)37-54(83)74-53(38-68)62(90)77-50-30-34-71-56(84)52(36-43-39-73-46-22-14-13-21-45(43)46)80-58(86)48(24-17-33-72-64(69)70)75-57(85)47(23-15-16-31-66)78-63(91)55(65(2,3)4)81-61(89)51(79-59(87)49(29-32-67)76-60(50)88)35-40-25-27-42(28-26-40)41-18-10-9-11-19-41/h9-11,13-14,18-19,21-22,25-28,39,44-45,47-53,55,82H,5-8,12,15-17,20,23-24,29-38,66-68H2,1-4H3,(H,71,84)(H,74,83)(H,75,85)(H,76,88)(H,77,90)(H,78,91)(H,79,87)(H,80,86)(H,81,89)(H4,69,70,72)/t44-,45?,47+,48+,49+,50+,51-,52+,53-,55-/m1/s1. The van der Waals surface area contributed by atoms with Crippen LogP contribution in [0.5, 0.6) is 0 Å². The van der Waals surface area contributed by atoms with E-state index in [9.17, 15) is 48.3 Å². The molecule has 9 amide bonds. The second kappa shape index (κ2) is 37.7. The molecular weight excluding hydrogens is 1160 g/mol. The third kappa shape index (κ3) is 24.4. The molecule has 498 valence electrons. The summed E-state index contributed by atoms with van der Waals surface area (Å²) < 4.78 is 0. The third-order valence-electron chi connectivity index (χ3n) is 16.0. The first kappa shape index (κ1) is 73.4. The van der Waals surface area contributed by atoms with Crippen LogP contribution in [0, 0.1) is 11.3 Å². The Kier molecular flexibility index (Phi) is 30.4. The first-order valence-corrected chi connectivity index (χ1v) is 31.8. The molecule has 10 atom stereocenters. The van der Waals surface area contributed by atoms with Gasteiger partial charge in [0.25, 0.3) is 0 Å². The van der Waals surface area contributed by atoms with Crippen molar-refractivity contribution >= 4 is 64.8 Å². The van der Waals surface area contributed by atoms with Crippen LogP contribution in [0.3, 0.4) is 0 Å². The van der Waals surface area contributed by atoms with Crippen molar-refractivity contribution < 1.29 is 48.3 Å². The van der Waals surface area contributed by atoms with Crippen molar-refractivity contribution in [1.29, 1.82) is 0 Å². The van der Waals surface area contributed by atoms with Crippen molar-refractivity contribution in [3.8, 4) is 11.1 Å². The number of aliphatic hydroxyl groups is 1. The average molecular weight is 1260 g/mol. The van der Waals surface area contributed by atoms with Gasteiger partial charge in [-0.1, -0.05) is 133 Å². The van der Waals surface area contributed by atoms with Crippen molar-refractivity contribution in [3.05, 3.63) is 96.2 Å². The molecule has 0 saturated carbocycles. The number of nitrogens with zero attached hydrogens (tertiary/aromatic N) is 2. The predicted octanol–water partition coefficient (Wildman–Crippen LogP) is 0.413. The van der Waals surface area contributed by atoms with Crippen LogP contribution in [0.25, 0.3) is 11.1 Å². The summed E-state index contributed by atoms with van der Waals surface area (Å²) in [6, 6.07) is 5.73. The molecule has 26 nitrogen and oxygen atoms in total. The number of fused-ring (bicyclic) bond motifs is 1. The molecule has 0 aromatic heterocycles. The van der Waals surface area contributed by atoms with Gasteiger partial charge in [0.1, 0.15) is 48.3 Å². The van der Waals surface area contributed by atoms with Gasteiger partial charge in [-0.05, 0) is 98.2 Å². The quantitative estimate of drug-likeness (QED) is 0.0327. The Morgan fingerprint density at radius 1 is 0.670 bits per heavy atom. The van der Waals surface area contributed by atoms with Crippen molar-refractivity contribution in [1.82, 2.24) is 47.9 Å². The highest BCUT2D eigenvalue weighted by atomic mass is 16.3. The van der Waals surface area contributed by atoms with Gasteiger partial charge in [-0.2, -0.15) is 0 Å². The van der Waals surface area contributed by atoms with Crippen molar-refractivity contribution in [2.24, 2.45) is 50.0 Å². The number of carbonyl (C=O) groups excluding carboxylic acids is 9. The maximum absolute atomic E-state index is 14.9. The van der Waals surface area contributed by atoms with Gasteiger partial charge in [-0.3, -0.25) is 53.1 Å². The van der Waals surface area contributed by atoms with Gasteiger partial charge in [0, 0.05) is 44.6 Å². The molecule has 0 radical (unpaired) electrons. The van der Waals surface area contributed by atoms with Gasteiger partial charge in [0.2, 0.25) is 53.2 Å². The van der Waals surface area contributed by atoms with Crippen molar-refractivity contribution in [3.63, 3.8) is 0 Å². The van der Waals surface area contributed by atoms with Crippen LogP contribution in [-0.4, -0.2) is 157 Å². The number of carbonyl (C=O) groups is 9. The lowest BCUT2D eigenvalue weighted by atomic mass is 9.85. The molecular formula is C65H98N16O10. The van der Waals surface area contributed by atoms with Crippen LogP contribution in [0.15, 0.2) is 101 Å². The molecule has 0 bridgehead atoms. The fourth-order valence-corrected chi connectivity index (χ4v) is 10.8. The zero-order chi connectivity index (χ0) is 66.5. The first-order valence-electron chi connectivity index (χ1n) is 31.8. The largest absolute Gasteiger partial charge is 0.393 e. The summed E-state index contributed by atoms with van der Waals surface area (Å²) in [5.41, 5.74) is 32.0. The zero-order valence-electron chi connectivity index (χ0n) is 53.1. The summed E-state index contributed by atoms with van der Waals surface area (Å²) >= 11 is 0. The molecule has 0 spiro atoms. The van der Waals surface area contributed by atoms with Crippen LogP contribution in [0.2, 0.25) is 0 Å². The Morgan fingerprint density at radius 3 is 1.91 bits per heavy atom. The van der Waals surface area contributed by atoms with E-state index in [1.807, 2.05) is 66.8 Å². The summed E-state index contributed by atoms with van der Waals surface area (Å²) in [5.74, 6) is -7.74. The number of allylic oxidation sites excluding steroid dienone is 4. The number of unbranched alkanes of at least 4 members (excludes halogenated alkanes) is 5. The Bertz CT molecular complexity index is 2920. The number of hydrogen-bond donors (Lipinski definition) is 15. The maximum atomic E-state index is 14.9. The highest BCUT2D eigenvalue weighted by molar-refractivity contribution is 6.04. The highest BCUT2D eigenvalue weighted by Gasteiger charge is 2.39. The molecule has 2 heterocycles. The van der Waals surface area contributed by atoms with Crippen molar-refractivity contribution in [2.45, 2.75) is 185 Å². The highest BCUT2D eigenvalue weighted by Crippen LogP contribution is 2.29. The summed E-state index contributed by atoms with van der Waals surface area (Å²) in [4.78, 5) is 139. The SMILES string of the molecule is CCCCCCC[C@@H](O)CC(=O)N[C@H](CN)C(=O)N[C@H]1CCNC(=O)[C@H](CC2=CN=C3C=CC=CC23)NC(=O)[C@H](CCCN=C(N)N)NC(=O)[C@H](CCCCN)NC(=O)[C@H](C(C)(C)C)NC(=O)[C@@H](Cc2ccc(-c3ccccc3)cc2)NC(=O)[C@H](CCN)NC1=O. The van der Waals surface area contributed by atoms with E-state index in [4.69, 9.17) is 28.7 Å². The van der Waals surface area contributed by atoms with Crippen molar-refractivity contribution in [2.75, 3.05) is 32.7 Å². The van der Waals surface area contributed by atoms with E-state index in [2.05, 4.69) is 64.8 Å². The molecule has 2 aliphatic heterocycles. The number of benzene rings is 2. The van der Waals surface area contributed by atoms with Crippen LogP contribution < -0.4 is 76.5 Å². The Labute approximate surface area is 533 Å². The molecule has 3 aliphatic rings. The summed E-state index contributed by atoms with van der Waals surface area (Å²) in [7, 11) is 0. The van der Waals surface area contributed by atoms with E-state index >= 15 is 0 Å². The van der Waals surface area contributed by atoms with Crippen LogP contribution in [-0.2, 0) is 49.6 Å². The molecule has 91 heavy (non-hydrogen) atoms. The molecule has 5 rings (SSSR count). The monoisotopic (exact) mass is 1260 g/mol. The second-order valence-corrected chi connectivity index (χ2v) is 24.4.